The summed E-state index contributed by atoms with van der Waals surface area (Å²) >= 11 is 15.7. The van der Waals surface area contributed by atoms with Gasteiger partial charge in [0.05, 0.1) is 21.6 Å². The maximum absolute atomic E-state index is 6.09. The molecule has 0 fully saturated rings. The van der Waals surface area contributed by atoms with Gasteiger partial charge in [0.2, 0.25) is 6.79 Å². The van der Waals surface area contributed by atoms with Gasteiger partial charge in [-0.05, 0) is 69.0 Å². The molecule has 0 spiro atoms. The van der Waals surface area contributed by atoms with Gasteiger partial charge in [-0.1, -0.05) is 35.3 Å². The van der Waals surface area contributed by atoms with E-state index in [2.05, 4.69) is 21.2 Å². The van der Waals surface area contributed by atoms with E-state index in [1.807, 2.05) is 36.4 Å². The van der Waals surface area contributed by atoms with Crippen LogP contribution in [0.5, 0.6) is 23.0 Å². The van der Waals surface area contributed by atoms with Crippen LogP contribution < -0.4 is 24.3 Å². The largest absolute Gasteiger partial charge is 0.493 e. The number of ether oxygens (including phenoxy) is 4. The van der Waals surface area contributed by atoms with E-state index in [-0.39, 0.29) is 6.79 Å². The number of halogens is 3. The Hall–Kier alpha value is -2.12. The number of rotatable bonds is 8. The average molecular weight is 525 g/mol. The average Bonchev–Trinajstić information content (AvgIpc) is 3.23. The summed E-state index contributed by atoms with van der Waals surface area (Å²) in [5, 5.41) is 4.45. The minimum atomic E-state index is 0.277. The Labute approximate surface area is 199 Å². The molecule has 1 heterocycles. The summed E-state index contributed by atoms with van der Waals surface area (Å²) < 4.78 is 23.1. The Morgan fingerprint density at radius 3 is 2.48 bits per heavy atom. The second-order valence-electron chi connectivity index (χ2n) is 6.94. The van der Waals surface area contributed by atoms with E-state index in [9.17, 15) is 0 Å². The van der Waals surface area contributed by atoms with E-state index in [1.54, 1.807) is 19.2 Å². The molecule has 0 aliphatic carbocycles. The van der Waals surface area contributed by atoms with Crippen molar-refractivity contribution in [1.29, 1.82) is 0 Å². The standard InChI is InChI=1S/C23H20BrCl2NO4/c1-28-22-9-16(11-27-10-14-3-5-20-21(8-14)31-13-30-20)6-17(24)23(22)29-12-15-2-4-18(25)19(26)7-15/h2-9,27H,10-13H2,1H3. The Morgan fingerprint density at radius 2 is 1.68 bits per heavy atom. The lowest BCUT2D eigenvalue weighted by molar-refractivity contribution is 0.174. The molecule has 31 heavy (non-hydrogen) atoms. The molecule has 0 radical (unpaired) electrons. The van der Waals surface area contributed by atoms with Crippen LogP contribution in [-0.2, 0) is 19.7 Å². The maximum atomic E-state index is 6.09. The summed E-state index contributed by atoms with van der Waals surface area (Å²) in [6.07, 6.45) is 0. The normalized spacial score (nSPS) is 12.1. The molecule has 5 nitrogen and oxygen atoms in total. The Kier molecular flexibility index (Phi) is 7.13. The summed E-state index contributed by atoms with van der Waals surface area (Å²) in [6.45, 7) is 1.98. The van der Waals surface area contributed by atoms with Crippen molar-refractivity contribution in [2.45, 2.75) is 19.7 Å². The molecule has 4 rings (SSSR count). The van der Waals surface area contributed by atoms with Crippen molar-refractivity contribution < 1.29 is 18.9 Å². The lowest BCUT2D eigenvalue weighted by Crippen LogP contribution is -2.13. The fourth-order valence-corrected chi connectivity index (χ4v) is 4.13. The van der Waals surface area contributed by atoms with Crippen LogP contribution in [0.2, 0.25) is 10.0 Å². The quantitative estimate of drug-likeness (QED) is 0.371. The van der Waals surface area contributed by atoms with Gasteiger partial charge in [-0.2, -0.15) is 0 Å². The number of methoxy groups -OCH3 is 1. The third-order valence-electron chi connectivity index (χ3n) is 4.75. The van der Waals surface area contributed by atoms with Crippen molar-refractivity contribution in [1.82, 2.24) is 5.32 Å². The second kappa shape index (κ2) is 10.0. The maximum Gasteiger partial charge on any atom is 0.231 e. The van der Waals surface area contributed by atoms with Gasteiger partial charge in [-0.3, -0.25) is 0 Å². The van der Waals surface area contributed by atoms with Crippen LogP contribution in [0.1, 0.15) is 16.7 Å². The smallest absolute Gasteiger partial charge is 0.231 e. The van der Waals surface area contributed by atoms with Crippen molar-refractivity contribution in [3.05, 3.63) is 79.7 Å². The van der Waals surface area contributed by atoms with Crippen LogP contribution in [-0.4, -0.2) is 13.9 Å². The zero-order valence-corrected chi connectivity index (χ0v) is 19.8. The summed E-state index contributed by atoms with van der Waals surface area (Å²) in [5.74, 6) is 2.85. The second-order valence-corrected chi connectivity index (χ2v) is 8.61. The fraction of sp³-hybridized carbons (Fsp3) is 0.217. The van der Waals surface area contributed by atoms with E-state index < -0.39 is 0 Å². The van der Waals surface area contributed by atoms with Gasteiger partial charge in [-0.25, -0.2) is 0 Å². The number of fused-ring (bicyclic) bond motifs is 1. The van der Waals surface area contributed by atoms with Crippen LogP contribution >= 0.6 is 39.1 Å². The highest BCUT2D eigenvalue weighted by molar-refractivity contribution is 9.10. The highest BCUT2D eigenvalue weighted by Gasteiger charge is 2.14. The van der Waals surface area contributed by atoms with Crippen LogP contribution in [0.25, 0.3) is 0 Å². The van der Waals surface area contributed by atoms with Gasteiger partial charge in [0.15, 0.2) is 23.0 Å². The van der Waals surface area contributed by atoms with Crippen molar-refractivity contribution in [2.24, 2.45) is 0 Å². The molecule has 0 bridgehead atoms. The van der Waals surface area contributed by atoms with E-state index >= 15 is 0 Å². The number of benzene rings is 3. The summed E-state index contributed by atoms with van der Waals surface area (Å²) in [7, 11) is 1.62. The predicted molar refractivity (Wildman–Crippen MR) is 125 cm³/mol. The fourth-order valence-electron chi connectivity index (χ4n) is 3.20. The summed E-state index contributed by atoms with van der Waals surface area (Å²) in [6, 6.07) is 15.3. The molecule has 0 atom stereocenters. The lowest BCUT2D eigenvalue weighted by atomic mass is 10.1. The highest BCUT2D eigenvalue weighted by Crippen LogP contribution is 2.37. The van der Waals surface area contributed by atoms with Gasteiger partial charge in [0, 0.05) is 13.1 Å². The molecule has 1 aliphatic heterocycles. The van der Waals surface area contributed by atoms with Crippen LogP contribution in [0.3, 0.4) is 0 Å². The molecule has 162 valence electrons. The summed E-state index contributed by atoms with van der Waals surface area (Å²) in [4.78, 5) is 0. The SMILES string of the molecule is COc1cc(CNCc2ccc3c(c2)OCO3)cc(Br)c1OCc1ccc(Cl)c(Cl)c1. The monoisotopic (exact) mass is 523 g/mol. The number of hydrogen-bond donors (Lipinski definition) is 1. The van der Waals surface area contributed by atoms with Gasteiger partial charge in [0.1, 0.15) is 6.61 Å². The topological polar surface area (TPSA) is 49.0 Å². The first-order valence-electron chi connectivity index (χ1n) is 9.56. The van der Waals surface area contributed by atoms with Crippen LogP contribution in [0.15, 0.2) is 53.0 Å². The van der Waals surface area contributed by atoms with Crippen molar-refractivity contribution >= 4 is 39.1 Å². The van der Waals surface area contributed by atoms with Gasteiger partial charge < -0.3 is 24.3 Å². The Balaban J connectivity index is 1.39. The molecule has 1 aliphatic rings. The van der Waals surface area contributed by atoms with Gasteiger partial charge in [-0.15, -0.1) is 0 Å². The molecular formula is C23H20BrCl2NO4. The van der Waals surface area contributed by atoms with Gasteiger partial charge in [0.25, 0.3) is 0 Å². The first kappa shape index (κ1) is 22.1. The molecule has 0 saturated carbocycles. The number of nitrogens with one attached hydrogen (secondary N) is 1. The van der Waals surface area contributed by atoms with Crippen molar-refractivity contribution in [3.63, 3.8) is 0 Å². The molecule has 0 saturated heterocycles. The minimum absolute atomic E-state index is 0.277. The Morgan fingerprint density at radius 1 is 0.903 bits per heavy atom. The van der Waals surface area contributed by atoms with Crippen LogP contribution in [0.4, 0.5) is 0 Å². The van der Waals surface area contributed by atoms with E-state index in [0.717, 1.165) is 32.7 Å². The third kappa shape index (κ3) is 5.39. The predicted octanol–water partition coefficient (Wildman–Crippen LogP) is 6.36. The molecule has 0 aromatic heterocycles. The van der Waals surface area contributed by atoms with Crippen LogP contribution in [0, 0.1) is 0 Å². The molecule has 0 amide bonds. The Bertz CT molecular complexity index is 1090. The first-order valence-corrected chi connectivity index (χ1v) is 11.1. The zero-order chi connectivity index (χ0) is 21.8. The molecule has 3 aromatic carbocycles. The van der Waals surface area contributed by atoms with Crippen molar-refractivity contribution in [2.75, 3.05) is 13.9 Å². The third-order valence-corrected chi connectivity index (χ3v) is 6.08. The first-order chi connectivity index (χ1) is 15.0. The molecule has 3 aromatic rings. The van der Waals surface area contributed by atoms with E-state index in [4.69, 9.17) is 42.1 Å². The van der Waals surface area contributed by atoms with Gasteiger partial charge >= 0.3 is 0 Å². The number of hydrogen-bond acceptors (Lipinski definition) is 5. The molecule has 0 unspecified atom stereocenters. The zero-order valence-electron chi connectivity index (χ0n) is 16.7. The molecular weight excluding hydrogens is 505 g/mol. The van der Waals surface area contributed by atoms with E-state index in [0.29, 0.717) is 41.2 Å². The van der Waals surface area contributed by atoms with Crippen molar-refractivity contribution in [3.8, 4) is 23.0 Å². The lowest BCUT2D eigenvalue weighted by Gasteiger charge is -2.15. The minimum Gasteiger partial charge on any atom is -0.493 e. The van der Waals surface area contributed by atoms with E-state index in [1.165, 1.54) is 0 Å². The highest BCUT2D eigenvalue weighted by atomic mass is 79.9. The molecule has 1 N–H and O–H groups in total. The molecule has 8 heteroatoms. The summed E-state index contributed by atoms with van der Waals surface area (Å²) in [5.41, 5.74) is 3.10.